The van der Waals surface area contributed by atoms with Crippen LogP contribution < -0.4 is 4.90 Å². The van der Waals surface area contributed by atoms with Gasteiger partial charge in [0.05, 0.1) is 5.69 Å². The normalized spacial score (nSPS) is 17.7. The summed E-state index contributed by atoms with van der Waals surface area (Å²) in [5, 5.41) is 0. The van der Waals surface area contributed by atoms with Crippen molar-refractivity contribution in [3.8, 4) is 33.4 Å². The number of hydrogen-bond acceptors (Lipinski definition) is 1. The summed E-state index contributed by atoms with van der Waals surface area (Å²) in [4.78, 5) is 2.58. The molecule has 1 nitrogen and oxygen atoms in total. The number of para-hydroxylation sites is 1. The summed E-state index contributed by atoms with van der Waals surface area (Å²) >= 11 is 0. The minimum atomic E-state index is -0.138. The summed E-state index contributed by atoms with van der Waals surface area (Å²) < 4.78 is 0. The number of nitrogens with zero attached hydrogens (tertiary/aromatic N) is 1. The third-order valence-corrected chi connectivity index (χ3v) is 13.7. The van der Waals surface area contributed by atoms with Crippen LogP contribution in [0.5, 0.6) is 0 Å². The van der Waals surface area contributed by atoms with Crippen LogP contribution in [-0.4, -0.2) is 0 Å². The van der Waals surface area contributed by atoms with Gasteiger partial charge in [-0.25, -0.2) is 0 Å². The van der Waals surface area contributed by atoms with Crippen molar-refractivity contribution in [2.75, 3.05) is 4.90 Å². The van der Waals surface area contributed by atoms with Crippen molar-refractivity contribution >= 4 is 17.1 Å². The van der Waals surface area contributed by atoms with Crippen LogP contribution in [0.1, 0.15) is 127 Å². The number of rotatable bonds is 5. The molecular formula is C53H55N. The van der Waals surface area contributed by atoms with Gasteiger partial charge in [-0.15, -0.1) is 0 Å². The molecule has 1 heteroatoms. The van der Waals surface area contributed by atoms with Gasteiger partial charge in [-0.2, -0.15) is 0 Å². The Labute approximate surface area is 324 Å². The van der Waals surface area contributed by atoms with Gasteiger partial charge in [0, 0.05) is 27.8 Å². The van der Waals surface area contributed by atoms with Crippen LogP contribution in [0.4, 0.5) is 17.1 Å². The monoisotopic (exact) mass is 705 g/mol. The van der Waals surface area contributed by atoms with Crippen molar-refractivity contribution in [2.24, 2.45) is 0 Å². The van der Waals surface area contributed by atoms with E-state index in [1.54, 1.807) is 0 Å². The first kappa shape index (κ1) is 34.9. The Balaban J connectivity index is 1.41. The van der Waals surface area contributed by atoms with Crippen LogP contribution in [0, 0.1) is 0 Å². The van der Waals surface area contributed by atoms with Crippen molar-refractivity contribution in [3.63, 3.8) is 0 Å². The largest absolute Gasteiger partial charge is 0.310 e. The van der Waals surface area contributed by atoms with Crippen molar-refractivity contribution in [2.45, 2.75) is 110 Å². The summed E-state index contributed by atoms with van der Waals surface area (Å²) in [5.74, 6) is 0.362. The average Bonchev–Trinajstić information content (AvgIpc) is 3.52. The van der Waals surface area contributed by atoms with Crippen LogP contribution in [0.15, 0.2) is 121 Å². The molecule has 0 atom stereocenters. The molecule has 0 radical (unpaired) electrons. The highest BCUT2D eigenvalue weighted by Gasteiger charge is 2.43. The Kier molecular flexibility index (Phi) is 7.62. The smallest absolute Gasteiger partial charge is 0.0543 e. The van der Waals surface area contributed by atoms with Crippen LogP contribution in [0.25, 0.3) is 33.4 Å². The maximum absolute atomic E-state index is 2.60. The molecule has 6 aromatic rings. The van der Waals surface area contributed by atoms with Gasteiger partial charge >= 0.3 is 0 Å². The van der Waals surface area contributed by atoms with Gasteiger partial charge in [-0.05, 0) is 133 Å². The third-order valence-electron chi connectivity index (χ3n) is 13.7. The Morgan fingerprint density at radius 1 is 0.444 bits per heavy atom. The minimum Gasteiger partial charge on any atom is -0.310 e. The molecule has 9 rings (SSSR count). The first-order valence-electron chi connectivity index (χ1n) is 20.2. The molecule has 0 aromatic heterocycles. The molecular weight excluding hydrogens is 651 g/mol. The van der Waals surface area contributed by atoms with E-state index in [4.69, 9.17) is 0 Å². The summed E-state index contributed by atoms with van der Waals surface area (Å²) in [6.07, 6.45) is 2.36. The summed E-state index contributed by atoms with van der Waals surface area (Å²) in [7, 11) is 0. The zero-order valence-electron chi connectivity index (χ0n) is 34.0. The number of hydrogen-bond donors (Lipinski definition) is 0. The lowest BCUT2D eigenvalue weighted by Crippen LogP contribution is -2.35. The molecule has 272 valence electrons. The van der Waals surface area contributed by atoms with E-state index in [1.807, 2.05) is 0 Å². The first-order valence-corrected chi connectivity index (χ1v) is 20.2. The van der Waals surface area contributed by atoms with Gasteiger partial charge < -0.3 is 4.90 Å². The van der Waals surface area contributed by atoms with Gasteiger partial charge in [-0.1, -0.05) is 154 Å². The molecule has 0 unspecified atom stereocenters. The molecule has 0 saturated carbocycles. The zero-order valence-corrected chi connectivity index (χ0v) is 34.0. The Bertz CT molecular complexity index is 2470. The average molecular weight is 706 g/mol. The third kappa shape index (κ3) is 4.96. The molecule has 3 aliphatic rings. The van der Waals surface area contributed by atoms with E-state index in [9.17, 15) is 0 Å². The zero-order chi connectivity index (χ0) is 37.9. The molecule has 3 aliphatic carbocycles. The number of benzene rings is 6. The van der Waals surface area contributed by atoms with Gasteiger partial charge in [0.25, 0.3) is 0 Å². The van der Waals surface area contributed by atoms with Gasteiger partial charge in [-0.3, -0.25) is 0 Å². The van der Waals surface area contributed by atoms with Crippen LogP contribution in [0.3, 0.4) is 0 Å². The van der Waals surface area contributed by atoms with E-state index in [1.165, 1.54) is 102 Å². The predicted octanol–water partition coefficient (Wildman–Crippen LogP) is 14.9. The van der Waals surface area contributed by atoms with E-state index < -0.39 is 0 Å². The second kappa shape index (κ2) is 11.8. The number of fused-ring (bicyclic) bond motifs is 7. The topological polar surface area (TPSA) is 3.24 Å². The molecule has 0 heterocycles. The van der Waals surface area contributed by atoms with Gasteiger partial charge in [0.15, 0.2) is 0 Å². The second-order valence-corrected chi connectivity index (χ2v) is 19.0. The minimum absolute atomic E-state index is 0.0273. The molecule has 0 bridgehead atoms. The Morgan fingerprint density at radius 2 is 1.00 bits per heavy atom. The maximum Gasteiger partial charge on any atom is 0.0543 e. The molecule has 54 heavy (non-hydrogen) atoms. The van der Waals surface area contributed by atoms with Crippen molar-refractivity contribution in [1.29, 1.82) is 0 Å². The SMILES string of the molecule is CC(C)c1ccc2c(c1-c1cc3c(cc1N(c1ccccc1)c1ccc4c(c1)C(C)(C)c1ccccc1-4)C(C)(C)c1ccccc1-3)C(C)(C)CCC2(C)C. The maximum atomic E-state index is 2.60. The number of anilines is 3. The van der Waals surface area contributed by atoms with Crippen LogP contribution in [0.2, 0.25) is 0 Å². The Hall–Kier alpha value is -4.88. The molecule has 0 spiro atoms. The van der Waals surface area contributed by atoms with Crippen molar-refractivity contribution in [1.82, 2.24) is 0 Å². The predicted molar refractivity (Wildman–Crippen MR) is 231 cm³/mol. The van der Waals surface area contributed by atoms with Gasteiger partial charge in [0.1, 0.15) is 0 Å². The van der Waals surface area contributed by atoms with Crippen LogP contribution in [-0.2, 0) is 21.7 Å². The summed E-state index contributed by atoms with van der Waals surface area (Å²) in [5.41, 5.74) is 21.8. The second-order valence-electron chi connectivity index (χ2n) is 19.0. The molecule has 0 N–H and O–H groups in total. The van der Waals surface area contributed by atoms with Crippen molar-refractivity contribution < 1.29 is 0 Å². The fourth-order valence-corrected chi connectivity index (χ4v) is 10.5. The van der Waals surface area contributed by atoms with E-state index in [-0.39, 0.29) is 21.7 Å². The lowest BCUT2D eigenvalue weighted by atomic mass is 9.60. The highest BCUT2D eigenvalue weighted by atomic mass is 15.1. The molecule has 0 fully saturated rings. The summed E-state index contributed by atoms with van der Waals surface area (Å²) in [6, 6.07) is 46.6. The standard InChI is InChI=1S/C53H55N/c1-33(2)36-26-27-44-49(51(5,6)29-28-50(44,3)4)48(36)41-31-40-38-21-15-17-23-43(38)53(9,10)46(40)32-47(41)54(34-18-12-11-13-19-34)35-24-25-39-37-20-14-16-22-42(37)52(7,8)45(39)30-35/h11-27,30-33H,28-29H2,1-10H3. The molecule has 0 saturated heterocycles. The Morgan fingerprint density at radius 3 is 1.65 bits per heavy atom. The van der Waals surface area contributed by atoms with E-state index in [0.717, 1.165) is 0 Å². The fourth-order valence-electron chi connectivity index (χ4n) is 10.5. The summed E-state index contributed by atoms with van der Waals surface area (Å²) in [6.45, 7) is 24.3. The first-order chi connectivity index (χ1) is 25.6. The highest BCUT2D eigenvalue weighted by molar-refractivity contribution is 5.97. The molecule has 0 aliphatic heterocycles. The lowest BCUT2D eigenvalue weighted by Gasteiger charge is -2.44. The van der Waals surface area contributed by atoms with E-state index >= 15 is 0 Å². The quantitative estimate of drug-likeness (QED) is 0.173. The molecule has 6 aromatic carbocycles. The lowest BCUT2D eigenvalue weighted by molar-refractivity contribution is 0.332. The highest BCUT2D eigenvalue weighted by Crippen LogP contribution is 2.58. The van der Waals surface area contributed by atoms with Crippen molar-refractivity contribution in [3.05, 3.63) is 160 Å². The molecule has 0 amide bonds. The fraction of sp³-hybridized carbons (Fsp3) is 0.321. The van der Waals surface area contributed by atoms with E-state index in [2.05, 4.69) is 195 Å². The van der Waals surface area contributed by atoms with E-state index in [0.29, 0.717) is 5.92 Å². The van der Waals surface area contributed by atoms with Crippen LogP contribution >= 0.6 is 0 Å². The van der Waals surface area contributed by atoms with Gasteiger partial charge in [0.2, 0.25) is 0 Å².